The minimum atomic E-state index is 0.260. The number of hydrogen-bond donors (Lipinski definition) is 1. The first-order valence-corrected chi connectivity index (χ1v) is 4.25. The molecule has 0 saturated carbocycles. The van der Waals surface area contributed by atoms with E-state index in [1.807, 2.05) is 25.2 Å². The Morgan fingerprint density at radius 2 is 2.08 bits per heavy atom. The molecule has 1 aliphatic rings. The van der Waals surface area contributed by atoms with Crippen LogP contribution < -0.4 is 5.32 Å². The number of nitrogens with one attached hydrogen (secondary N) is 1. The van der Waals surface area contributed by atoms with Gasteiger partial charge < -0.3 is 10.1 Å². The van der Waals surface area contributed by atoms with Crippen LogP contribution in [0.3, 0.4) is 0 Å². The first-order chi connectivity index (χ1) is 5.92. The molecule has 2 heteroatoms. The highest BCUT2D eigenvalue weighted by Crippen LogP contribution is 2.28. The van der Waals surface area contributed by atoms with Crippen molar-refractivity contribution in [2.45, 2.75) is 12.1 Å². The van der Waals surface area contributed by atoms with Gasteiger partial charge in [0.1, 0.15) is 6.10 Å². The Hall–Kier alpha value is -0.860. The Labute approximate surface area is 72.5 Å². The second kappa shape index (κ2) is 3.25. The van der Waals surface area contributed by atoms with Crippen LogP contribution >= 0.6 is 0 Å². The molecule has 2 unspecified atom stereocenters. The van der Waals surface area contributed by atoms with Gasteiger partial charge in [0.2, 0.25) is 0 Å². The van der Waals surface area contributed by atoms with Gasteiger partial charge in [-0.15, -0.1) is 0 Å². The maximum absolute atomic E-state index is 5.46. The normalized spacial score (nSPS) is 28.1. The van der Waals surface area contributed by atoms with Gasteiger partial charge in [0.25, 0.3) is 0 Å². The number of hydrogen-bond acceptors (Lipinski definition) is 2. The van der Waals surface area contributed by atoms with E-state index >= 15 is 0 Å². The largest absolute Gasteiger partial charge is 0.370 e. The van der Waals surface area contributed by atoms with E-state index in [0.717, 1.165) is 6.61 Å². The summed E-state index contributed by atoms with van der Waals surface area (Å²) >= 11 is 0. The van der Waals surface area contributed by atoms with E-state index in [9.17, 15) is 0 Å². The van der Waals surface area contributed by atoms with Gasteiger partial charge in [0.15, 0.2) is 0 Å². The first kappa shape index (κ1) is 7.77. The highest BCUT2D eigenvalue weighted by Gasteiger charge is 2.31. The van der Waals surface area contributed by atoms with Crippen molar-refractivity contribution in [2.75, 3.05) is 13.7 Å². The van der Waals surface area contributed by atoms with Crippen LogP contribution in [0.15, 0.2) is 30.3 Å². The van der Waals surface area contributed by atoms with Crippen LogP contribution in [0.4, 0.5) is 0 Å². The fourth-order valence-corrected chi connectivity index (χ4v) is 1.49. The average Bonchev–Trinajstić information content (AvgIpc) is 2.05. The molecule has 12 heavy (non-hydrogen) atoms. The zero-order valence-corrected chi connectivity index (χ0v) is 7.16. The fraction of sp³-hybridized carbons (Fsp3) is 0.400. The van der Waals surface area contributed by atoms with Crippen molar-refractivity contribution in [1.82, 2.24) is 5.32 Å². The third-order valence-electron chi connectivity index (χ3n) is 2.32. The zero-order chi connectivity index (χ0) is 8.39. The van der Waals surface area contributed by atoms with Crippen molar-refractivity contribution in [3.8, 4) is 0 Å². The molecule has 1 aromatic rings. The molecule has 0 spiro atoms. The van der Waals surface area contributed by atoms with Crippen LogP contribution in [-0.2, 0) is 4.74 Å². The van der Waals surface area contributed by atoms with Gasteiger partial charge in [-0.1, -0.05) is 30.3 Å². The van der Waals surface area contributed by atoms with Crippen LogP contribution in [-0.4, -0.2) is 19.7 Å². The molecular weight excluding hydrogens is 150 g/mol. The van der Waals surface area contributed by atoms with E-state index in [2.05, 4.69) is 17.4 Å². The van der Waals surface area contributed by atoms with Crippen molar-refractivity contribution in [1.29, 1.82) is 0 Å². The lowest BCUT2D eigenvalue weighted by atomic mass is 9.99. The maximum atomic E-state index is 5.46. The van der Waals surface area contributed by atoms with Crippen molar-refractivity contribution in [3.05, 3.63) is 35.9 Å². The van der Waals surface area contributed by atoms with E-state index in [4.69, 9.17) is 4.74 Å². The van der Waals surface area contributed by atoms with Crippen LogP contribution in [0, 0.1) is 0 Å². The summed E-state index contributed by atoms with van der Waals surface area (Å²) in [5.74, 6) is 0. The lowest BCUT2D eigenvalue weighted by molar-refractivity contribution is -0.0872. The standard InChI is InChI=1S/C10H13NO/c1-11-9-7-12-10(9)8-5-3-2-4-6-8/h2-6,9-11H,7H2,1H3. The Kier molecular flexibility index (Phi) is 2.11. The van der Waals surface area contributed by atoms with Crippen LogP contribution in [0.2, 0.25) is 0 Å². The van der Waals surface area contributed by atoms with Gasteiger partial charge in [0.05, 0.1) is 12.6 Å². The fourth-order valence-electron chi connectivity index (χ4n) is 1.49. The third-order valence-corrected chi connectivity index (χ3v) is 2.32. The van der Waals surface area contributed by atoms with Crippen molar-refractivity contribution in [3.63, 3.8) is 0 Å². The molecule has 2 nitrogen and oxygen atoms in total. The molecule has 1 saturated heterocycles. The molecule has 0 amide bonds. The van der Waals surface area contributed by atoms with Crippen LogP contribution in [0.1, 0.15) is 11.7 Å². The molecule has 1 aromatic carbocycles. The highest BCUT2D eigenvalue weighted by molar-refractivity contribution is 5.20. The molecule has 2 rings (SSSR count). The monoisotopic (exact) mass is 163 g/mol. The van der Waals surface area contributed by atoms with E-state index in [0.29, 0.717) is 6.04 Å². The smallest absolute Gasteiger partial charge is 0.100 e. The molecule has 0 bridgehead atoms. The minimum absolute atomic E-state index is 0.260. The highest BCUT2D eigenvalue weighted by atomic mass is 16.5. The van der Waals surface area contributed by atoms with E-state index in [1.54, 1.807) is 0 Å². The SMILES string of the molecule is CNC1COC1c1ccccc1. The lowest BCUT2D eigenvalue weighted by Gasteiger charge is -2.36. The summed E-state index contributed by atoms with van der Waals surface area (Å²) in [6.07, 6.45) is 0.260. The van der Waals surface area contributed by atoms with Crippen molar-refractivity contribution in [2.24, 2.45) is 0 Å². The lowest BCUT2D eigenvalue weighted by Crippen LogP contribution is -2.46. The Balaban J connectivity index is 2.11. The molecule has 64 valence electrons. The molecule has 0 radical (unpaired) electrons. The Bertz CT molecular complexity index is 245. The van der Waals surface area contributed by atoms with Gasteiger partial charge in [-0.2, -0.15) is 0 Å². The summed E-state index contributed by atoms with van der Waals surface area (Å²) in [6.45, 7) is 0.829. The zero-order valence-electron chi connectivity index (χ0n) is 7.16. The topological polar surface area (TPSA) is 21.3 Å². The quantitative estimate of drug-likeness (QED) is 0.710. The predicted molar refractivity (Wildman–Crippen MR) is 48.0 cm³/mol. The third kappa shape index (κ3) is 1.24. The summed E-state index contributed by atoms with van der Waals surface area (Å²) in [7, 11) is 1.98. The average molecular weight is 163 g/mol. The molecular formula is C10H13NO. The Morgan fingerprint density at radius 1 is 1.33 bits per heavy atom. The maximum Gasteiger partial charge on any atom is 0.100 e. The van der Waals surface area contributed by atoms with E-state index in [1.165, 1.54) is 5.56 Å². The molecule has 1 aliphatic heterocycles. The number of ether oxygens (including phenoxy) is 1. The minimum Gasteiger partial charge on any atom is -0.370 e. The number of likely N-dealkylation sites (N-methyl/N-ethyl adjacent to an activating group) is 1. The van der Waals surface area contributed by atoms with Gasteiger partial charge in [-0.05, 0) is 12.6 Å². The Morgan fingerprint density at radius 3 is 2.58 bits per heavy atom. The van der Waals surface area contributed by atoms with Crippen LogP contribution in [0.5, 0.6) is 0 Å². The summed E-state index contributed by atoms with van der Waals surface area (Å²) in [6, 6.07) is 10.8. The summed E-state index contributed by atoms with van der Waals surface area (Å²) in [5.41, 5.74) is 1.27. The molecule has 0 aromatic heterocycles. The second-order valence-electron chi connectivity index (χ2n) is 3.06. The van der Waals surface area contributed by atoms with Gasteiger partial charge >= 0.3 is 0 Å². The molecule has 0 aliphatic carbocycles. The van der Waals surface area contributed by atoms with Crippen molar-refractivity contribution >= 4 is 0 Å². The van der Waals surface area contributed by atoms with E-state index in [-0.39, 0.29) is 6.10 Å². The second-order valence-corrected chi connectivity index (χ2v) is 3.06. The van der Waals surface area contributed by atoms with Crippen molar-refractivity contribution < 1.29 is 4.74 Å². The summed E-state index contributed by atoms with van der Waals surface area (Å²) in [5, 5.41) is 3.22. The first-order valence-electron chi connectivity index (χ1n) is 4.25. The van der Waals surface area contributed by atoms with Gasteiger partial charge in [0, 0.05) is 0 Å². The molecule has 1 heterocycles. The summed E-state index contributed by atoms with van der Waals surface area (Å²) in [4.78, 5) is 0. The summed E-state index contributed by atoms with van der Waals surface area (Å²) < 4.78 is 5.46. The molecule has 2 atom stereocenters. The molecule has 1 N–H and O–H groups in total. The number of rotatable bonds is 2. The van der Waals surface area contributed by atoms with E-state index < -0.39 is 0 Å². The van der Waals surface area contributed by atoms with Gasteiger partial charge in [-0.25, -0.2) is 0 Å². The van der Waals surface area contributed by atoms with Gasteiger partial charge in [-0.3, -0.25) is 0 Å². The molecule has 1 fully saturated rings. The number of benzene rings is 1. The van der Waals surface area contributed by atoms with Crippen LogP contribution in [0.25, 0.3) is 0 Å². The predicted octanol–water partition coefficient (Wildman–Crippen LogP) is 1.35.